The van der Waals surface area contributed by atoms with E-state index in [9.17, 15) is 0 Å². The fourth-order valence-corrected chi connectivity index (χ4v) is 3.55. The van der Waals surface area contributed by atoms with Crippen LogP contribution in [0, 0.1) is 6.92 Å². The molecule has 2 heterocycles. The summed E-state index contributed by atoms with van der Waals surface area (Å²) in [6.45, 7) is 5.60. The van der Waals surface area contributed by atoms with Crippen molar-refractivity contribution in [3.63, 3.8) is 0 Å². The van der Waals surface area contributed by atoms with E-state index in [2.05, 4.69) is 41.9 Å². The van der Waals surface area contributed by atoms with Crippen LogP contribution in [-0.2, 0) is 5.54 Å². The van der Waals surface area contributed by atoms with Gasteiger partial charge in [0.2, 0.25) is 0 Å². The molecule has 0 amide bonds. The number of hydrogen-bond acceptors (Lipinski definition) is 2. The molecule has 1 saturated heterocycles. The SMILES string of the molecule is Cc1ccc2c(c1)nc(C1(C)CCCCN1)n2C1CC1. The molecule has 1 saturated carbocycles. The van der Waals surface area contributed by atoms with Crippen LogP contribution in [0.3, 0.4) is 0 Å². The van der Waals surface area contributed by atoms with Gasteiger partial charge in [-0.15, -0.1) is 0 Å². The average Bonchev–Trinajstić information content (AvgIpc) is 3.20. The van der Waals surface area contributed by atoms with Gasteiger partial charge in [-0.2, -0.15) is 0 Å². The molecule has 0 spiro atoms. The van der Waals surface area contributed by atoms with Gasteiger partial charge in [-0.05, 0) is 70.2 Å². The zero-order chi connectivity index (χ0) is 13.7. The summed E-state index contributed by atoms with van der Waals surface area (Å²) in [5.41, 5.74) is 3.83. The molecule has 2 fully saturated rings. The van der Waals surface area contributed by atoms with Crippen molar-refractivity contribution < 1.29 is 0 Å². The topological polar surface area (TPSA) is 29.9 Å². The highest BCUT2D eigenvalue weighted by molar-refractivity contribution is 5.77. The van der Waals surface area contributed by atoms with E-state index >= 15 is 0 Å². The van der Waals surface area contributed by atoms with Crippen molar-refractivity contribution in [1.82, 2.24) is 14.9 Å². The molecule has 3 nitrogen and oxygen atoms in total. The molecule has 2 aromatic rings. The lowest BCUT2D eigenvalue weighted by Gasteiger charge is -2.34. The summed E-state index contributed by atoms with van der Waals surface area (Å²) in [7, 11) is 0. The first-order valence-electron chi connectivity index (χ1n) is 7.91. The van der Waals surface area contributed by atoms with Crippen molar-refractivity contribution in [2.75, 3.05) is 6.54 Å². The van der Waals surface area contributed by atoms with Gasteiger partial charge < -0.3 is 9.88 Å². The third-order valence-electron chi connectivity index (χ3n) is 4.87. The summed E-state index contributed by atoms with van der Waals surface area (Å²) in [4.78, 5) is 5.03. The van der Waals surface area contributed by atoms with Gasteiger partial charge in [0.1, 0.15) is 5.82 Å². The number of aryl methyl sites for hydroxylation is 1. The van der Waals surface area contributed by atoms with E-state index in [-0.39, 0.29) is 5.54 Å². The Morgan fingerprint density at radius 1 is 1.30 bits per heavy atom. The Morgan fingerprint density at radius 2 is 2.15 bits per heavy atom. The Hall–Kier alpha value is -1.35. The predicted octanol–water partition coefficient (Wildman–Crippen LogP) is 3.67. The minimum absolute atomic E-state index is 0.0494. The number of rotatable bonds is 2. The molecule has 1 aliphatic carbocycles. The maximum absolute atomic E-state index is 5.03. The Bertz CT molecular complexity index is 646. The first-order chi connectivity index (χ1) is 9.67. The van der Waals surface area contributed by atoms with Crippen LogP contribution in [0.1, 0.15) is 56.5 Å². The van der Waals surface area contributed by atoms with Gasteiger partial charge in [0.05, 0.1) is 16.6 Å². The quantitative estimate of drug-likeness (QED) is 0.901. The lowest BCUT2D eigenvalue weighted by Crippen LogP contribution is -2.45. The van der Waals surface area contributed by atoms with E-state index in [1.807, 2.05) is 0 Å². The zero-order valence-corrected chi connectivity index (χ0v) is 12.4. The highest BCUT2D eigenvalue weighted by atomic mass is 15.2. The first-order valence-corrected chi connectivity index (χ1v) is 7.91. The van der Waals surface area contributed by atoms with E-state index in [1.165, 1.54) is 54.5 Å². The van der Waals surface area contributed by atoms with Gasteiger partial charge in [0, 0.05) is 6.04 Å². The van der Waals surface area contributed by atoms with Crippen LogP contribution in [0.25, 0.3) is 11.0 Å². The summed E-state index contributed by atoms with van der Waals surface area (Å²) in [6.07, 6.45) is 6.40. The smallest absolute Gasteiger partial charge is 0.130 e. The molecule has 0 radical (unpaired) electrons. The molecule has 3 heteroatoms. The third kappa shape index (κ3) is 1.87. The average molecular weight is 269 g/mol. The van der Waals surface area contributed by atoms with Gasteiger partial charge in [-0.3, -0.25) is 0 Å². The molecule has 0 bridgehead atoms. The third-order valence-corrected chi connectivity index (χ3v) is 4.87. The van der Waals surface area contributed by atoms with Crippen LogP contribution in [-0.4, -0.2) is 16.1 Å². The standard InChI is InChI=1S/C17H23N3/c1-12-5-8-15-14(11-12)19-16(20(15)13-6-7-13)17(2)9-3-4-10-18-17/h5,8,11,13,18H,3-4,6-7,9-10H2,1-2H3. The normalized spacial score (nSPS) is 27.1. The molecule has 106 valence electrons. The summed E-state index contributed by atoms with van der Waals surface area (Å²) in [6, 6.07) is 7.37. The molecular weight excluding hydrogens is 246 g/mol. The second-order valence-corrected chi connectivity index (χ2v) is 6.74. The number of aromatic nitrogens is 2. The molecule has 20 heavy (non-hydrogen) atoms. The van der Waals surface area contributed by atoms with Crippen LogP contribution in [0.2, 0.25) is 0 Å². The van der Waals surface area contributed by atoms with Gasteiger partial charge >= 0.3 is 0 Å². The number of hydrogen-bond donors (Lipinski definition) is 1. The minimum Gasteiger partial charge on any atom is -0.323 e. The summed E-state index contributed by atoms with van der Waals surface area (Å²) in [5, 5.41) is 3.73. The summed E-state index contributed by atoms with van der Waals surface area (Å²) in [5.74, 6) is 1.26. The molecule has 4 rings (SSSR count). The van der Waals surface area contributed by atoms with Crippen molar-refractivity contribution in [1.29, 1.82) is 0 Å². The Labute approximate surface area is 120 Å². The maximum atomic E-state index is 5.03. The first kappa shape index (κ1) is 12.4. The number of nitrogens with one attached hydrogen (secondary N) is 1. The number of fused-ring (bicyclic) bond motifs is 1. The van der Waals surface area contributed by atoms with Crippen LogP contribution in [0.5, 0.6) is 0 Å². The van der Waals surface area contributed by atoms with E-state index in [0.717, 1.165) is 6.54 Å². The largest absolute Gasteiger partial charge is 0.323 e. The summed E-state index contributed by atoms with van der Waals surface area (Å²) < 4.78 is 2.52. The van der Waals surface area contributed by atoms with Crippen molar-refractivity contribution in [3.8, 4) is 0 Å². The number of benzene rings is 1. The Morgan fingerprint density at radius 3 is 2.85 bits per heavy atom. The maximum Gasteiger partial charge on any atom is 0.130 e. The second-order valence-electron chi connectivity index (χ2n) is 6.74. The Balaban J connectivity index is 1.91. The van der Waals surface area contributed by atoms with Crippen LogP contribution >= 0.6 is 0 Å². The number of imidazole rings is 1. The lowest BCUT2D eigenvalue weighted by atomic mass is 9.90. The number of nitrogens with zero attached hydrogens (tertiary/aromatic N) is 2. The van der Waals surface area contributed by atoms with Crippen LogP contribution < -0.4 is 5.32 Å². The molecule has 1 aromatic heterocycles. The molecule has 2 aliphatic rings. The van der Waals surface area contributed by atoms with Gasteiger partial charge in [-0.25, -0.2) is 4.98 Å². The molecule has 1 atom stereocenters. The molecule has 1 unspecified atom stereocenters. The highest BCUT2D eigenvalue weighted by Gasteiger charge is 2.37. The zero-order valence-electron chi connectivity index (χ0n) is 12.4. The predicted molar refractivity (Wildman–Crippen MR) is 81.9 cm³/mol. The van der Waals surface area contributed by atoms with E-state index < -0.39 is 0 Å². The molecule has 1 N–H and O–H groups in total. The second kappa shape index (κ2) is 4.32. The van der Waals surface area contributed by atoms with Crippen LogP contribution in [0.4, 0.5) is 0 Å². The van der Waals surface area contributed by atoms with E-state index in [4.69, 9.17) is 4.98 Å². The molecule has 1 aliphatic heterocycles. The van der Waals surface area contributed by atoms with Gasteiger partial charge in [0.15, 0.2) is 0 Å². The monoisotopic (exact) mass is 269 g/mol. The van der Waals surface area contributed by atoms with Crippen molar-refractivity contribution in [2.24, 2.45) is 0 Å². The van der Waals surface area contributed by atoms with Crippen molar-refractivity contribution >= 4 is 11.0 Å². The molecular formula is C17H23N3. The highest BCUT2D eigenvalue weighted by Crippen LogP contribution is 2.42. The fourth-order valence-electron chi connectivity index (χ4n) is 3.55. The fraction of sp³-hybridized carbons (Fsp3) is 0.588. The van der Waals surface area contributed by atoms with E-state index in [1.54, 1.807) is 0 Å². The van der Waals surface area contributed by atoms with Gasteiger partial charge in [0.25, 0.3) is 0 Å². The van der Waals surface area contributed by atoms with E-state index in [0.29, 0.717) is 6.04 Å². The molecule has 1 aromatic carbocycles. The Kier molecular flexibility index (Phi) is 2.68. The summed E-state index contributed by atoms with van der Waals surface area (Å²) >= 11 is 0. The van der Waals surface area contributed by atoms with Crippen LogP contribution in [0.15, 0.2) is 18.2 Å². The minimum atomic E-state index is 0.0494. The van der Waals surface area contributed by atoms with Crippen molar-refractivity contribution in [3.05, 3.63) is 29.6 Å². The number of piperidine rings is 1. The van der Waals surface area contributed by atoms with Crippen molar-refractivity contribution in [2.45, 2.75) is 57.5 Å². The van der Waals surface area contributed by atoms with Gasteiger partial charge in [-0.1, -0.05) is 6.07 Å². The lowest BCUT2D eigenvalue weighted by molar-refractivity contribution is 0.261.